The normalized spacial score (nSPS) is 10.4. The Kier molecular flexibility index (Phi) is 2.94. The summed E-state index contributed by atoms with van der Waals surface area (Å²) in [7, 11) is 0. The maximum absolute atomic E-state index is 10.5. The minimum atomic E-state index is 0.0102. The number of thiophene rings is 1. The summed E-state index contributed by atoms with van der Waals surface area (Å²) in [6, 6.07) is 1.75. The second kappa shape index (κ2) is 3.97. The van der Waals surface area contributed by atoms with E-state index in [0.29, 0.717) is 5.56 Å². The Balaban J connectivity index is 2.76. The molecular weight excluding hydrogens is 172 g/mol. The Hall–Kier alpha value is -1.22. The lowest BCUT2D eigenvalue weighted by atomic mass is 10.3. The highest BCUT2D eigenvalue weighted by molar-refractivity contribution is 7.11. The monoisotopic (exact) mass is 180 g/mol. The van der Waals surface area contributed by atoms with E-state index in [1.54, 1.807) is 17.5 Å². The molecule has 0 aliphatic rings. The third kappa shape index (κ3) is 2.43. The van der Waals surface area contributed by atoms with Crippen molar-refractivity contribution in [2.45, 2.75) is 6.92 Å². The fourth-order valence-electron chi connectivity index (χ4n) is 0.717. The largest absolute Gasteiger partial charge is 0.298 e. The van der Waals surface area contributed by atoms with Gasteiger partial charge in [0.2, 0.25) is 0 Å². The van der Waals surface area contributed by atoms with Crippen LogP contribution in [0.1, 0.15) is 22.2 Å². The zero-order valence-corrected chi connectivity index (χ0v) is 7.43. The van der Waals surface area contributed by atoms with Crippen LogP contribution in [-0.4, -0.2) is 12.1 Å². The average molecular weight is 180 g/mol. The van der Waals surface area contributed by atoms with Gasteiger partial charge >= 0.3 is 0 Å². The smallest absolute Gasteiger partial charge is 0.152 e. The molecule has 62 valence electrons. The first-order chi connectivity index (χ1) is 5.72. The van der Waals surface area contributed by atoms with Gasteiger partial charge in [0, 0.05) is 15.8 Å². The van der Waals surface area contributed by atoms with Crippen LogP contribution >= 0.6 is 11.3 Å². The van der Waals surface area contributed by atoms with Gasteiger partial charge in [-0.25, -0.2) is 0 Å². The summed E-state index contributed by atoms with van der Waals surface area (Å²) in [5.41, 5.74) is 0.656. The number of carbonyl (C=O) groups is 2. The summed E-state index contributed by atoms with van der Waals surface area (Å²) in [6.45, 7) is 1.49. The summed E-state index contributed by atoms with van der Waals surface area (Å²) in [5.74, 6) is 0.0102. The first-order valence-electron chi connectivity index (χ1n) is 3.45. The van der Waals surface area contributed by atoms with Crippen LogP contribution in [-0.2, 0) is 4.79 Å². The molecule has 0 amide bonds. The molecule has 0 fully saturated rings. The van der Waals surface area contributed by atoms with Gasteiger partial charge < -0.3 is 0 Å². The van der Waals surface area contributed by atoms with E-state index in [1.165, 1.54) is 24.3 Å². The van der Waals surface area contributed by atoms with Gasteiger partial charge in [-0.05, 0) is 25.1 Å². The fourth-order valence-corrected chi connectivity index (χ4v) is 1.46. The SMILES string of the molecule is CC(=O)/C=C/c1cc(C=O)cs1. The number of hydrogen-bond donors (Lipinski definition) is 0. The predicted octanol–water partition coefficient (Wildman–Crippen LogP) is 2.16. The van der Waals surface area contributed by atoms with Gasteiger partial charge in [-0.1, -0.05) is 0 Å². The maximum Gasteiger partial charge on any atom is 0.152 e. The highest BCUT2D eigenvalue weighted by Gasteiger charge is 1.94. The highest BCUT2D eigenvalue weighted by atomic mass is 32.1. The number of hydrogen-bond acceptors (Lipinski definition) is 3. The quantitative estimate of drug-likeness (QED) is 0.527. The predicted molar refractivity (Wildman–Crippen MR) is 49.4 cm³/mol. The van der Waals surface area contributed by atoms with Crippen LogP contribution in [0.4, 0.5) is 0 Å². The van der Waals surface area contributed by atoms with Crippen molar-refractivity contribution in [1.82, 2.24) is 0 Å². The number of aldehydes is 1. The van der Waals surface area contributed by atoms with Crippen molar-refractivity contribution in [3.63, 3.8) is 0 Å². The lowest BCUT2D eigenvalue weighted by Gasteiger charge is -1.79. The molecule has 1 rings (SSSR count). The van der Waals surface area contributed by atoms with Crippen molar-refractivity contribution >= 4 is 29.5 Å². The molecule has 0 N–H and O–H groups in total. The summed E-state index contributed by atoms with van der Waals surface area (Å²) < 4.78 is 0. The molecule has 0 aromatic carbocycles. The Bertz CT molecular complexity index is 323. The zero-order valence-electron chi connectivity index (χ0n) is 6.61. The standard InChI is InChI=1S/C9H8O2S/c1-7(11)2-3-9-4-8(5-10)6-12-9/h2-6H,1H3/b3-2+. The Morgan fingerprint density at radius 2 is 2.33 bits per heavy atom. The summed E-state index contributed by atoms with van der Waals surface area (Å²) in [5, 5.41) is 1.76. The molecule has 2 nitrogen and oxygen atoms in total. The summed E-state index contributed by atoms with van der Waals surface area (Å²) in [4.78, 5) is 21.7. The van der Waals surface area contributed by atoms with Crippen LogP contribution in [0.15, 0.2) is 17.5 Å². The van der Waals surface area contributed by atoms with Gasteiger partial charge in [-0.15, -0.1) is 11.3 Å². The van der Waals surface area contributed by atoms with Crippen molar-refractivity contribution in [3.05, 3.63) is 28.0 Å². The zero-order chi connectivity index (χ0) is 8.97. The van der Waals surface area contributed by atoms with Crippen LogP contribution < -0.4 is 0 Å². The van der Waals surface area contributed by atoms with Gasteiger partial charge in [0.25, 0.3) is 0 Å². The topological polar surface area (TPSA) is 34.1 Å². The van der Waals surface area contributed by atoms with Crippen LogP contribution in [0, 0.1) is 0 Å². The summed E-state index contributed by atoms with van der Waals surface area (Å²) in [6.07, 6.45) is 3.99. The third-order valence-corrected chi connectivity index (χ3v) is 2.17. The molecule has 0 saturated heterocycles. The van der Waals surface area contributed by atoms with Crippen LogP contribution in [0.3, 0.4) is 0 Å². The Morgan fingerprint density at radius 3 is 2.83 bits per heavy atom. The van der Waals surface area contributed by atoms with Gasteiger partial charge in [0.05, 0.1) is 0 Å². The molecule has 0 spiro atoms. The lowest BCUT2D eigenvalue weighted by molar-refractivity contribution is -0.112. The molecule has 12 heavy (non-hydrogen) atoms. The van der Waals surface area contributed by atoms with Crippen LogP contribution in [0.5, 0.6) is 0 Å². The molecule has 0 saturated carbocycles. The summed E-state index contributed by atoms with van der Waals surface area (Å²) >= 11 is 1.45. The van der Waals surface area contributed by atoms with Gasteiger partial charge in [0.15, 0.2) is 12.1 Å². The molecule has 3 heteroatoms. The molecule has 0 radical (unpaired) electrons. The second-order valence-corrected chi connectivity index (χ2v) is 3.29. The Morgan fingerprint density at radius 1 is 1.58 bits per heavy atom. The number of ketones is 1. The average Bonchev–Trinajstić information content (AvgIpc) is 2.48. The minimum absolute atomic E-state index is 0.0102. The maximum atomic E-state index is 10.5. The van der Waals surface area contributed by atoms with Crippen molar-refractivity contribution in [2.24, 2.45) is 0 Å². The molecule has 1 heterocycles. The molecule has 0 bridgehead atoms. The van der Waals surface area contributed by atoms with E-state index < -0.39 is 0 Å². The van der Waals surface area contributed by atoms with E-state index in [4.69, 9.17) is 0 Å². The van der Waals surface area contributed by atoms with Crippen molar-refractivity contribution in [1.29, 1.82) is 0 Å². The van der Waals surface area contributed by atoms with Gasteiger partial charge in [-0.2, -0.15) is 0 Å². The highest BCUT2D eigenvalue weighted by Crippen LogP contribution is 2.14. The van der Waals surface area contributed by atoms with E-state index in [-0.39, 0.29) is 5.78 Å². The number of allylic oxidation sites excluding steroid dienone is 1. The van der Waals surface area contributed by atoms with E-state index in [2.05, 4.69) is 0 Å². The molecule has 1 aromatic heterocycles. The van der Waals surface area contributed by atoms with Crippen molar-refractivity contribution < 1.29 is 9.59 Å². The van der Waals surface area contributed by atoms with E-state index in [0.717, 1.165) is 11.2 Å². The Labute approximate surface area is 74.5 Å². The molecule has 1 aromatic rings. The molecule has 0 aliphatic carbocycles. The molecular formula is C9H8O2S. The van der Waals surface area contributed by atoms with Gasteiger partial charge in [0.1, 0.15) is 0 Å². The fraction of sp³-hybridized carbons (Fsp3) is 0.111. The van der Waals surface area contributed by atoms with Crippen LogP contribution in [0.25, 0.3) is 6.08 Å². The van der Waals surface area contributed by atoms with E-state index in [9.17, 15) is 9.59 Å². The molecule has 0 unspecified atom stereocenters. The number of carbonyl (C=O) groups excluding carboxylic acids is 2. The second-order valence-electron chi connectivity index (χ2n) is 2.34. The van der Waals surface area contributed by atoms with Crippen molar-refractivity contribution in [2.75, 3.05) is 0 Å². The van der Waals surface area contributed by atoms with Gasteiger partial charge in [-0.3, -0.25) is 9.59 Å². The van der Waals surface area contributed by atoms with Crippen molar-refractivity contribution in [3.8, 4) is 0 Å². The van der Waals surface area contributed by atoms with E-state index in [1.807, 2.05) is 0 Å². The first-order valence-corrected chi connectivity index (χ1v) is 4.32. The molecule has 0 aliphatic heterocycles. The first kappa shape index (κ1) is 8.87. The number of rotatable bonds is 3. The van der Waals surface area contributed by atoms with Crippen LogP contribution in [0.2, 0.25) is 0 Å². The minimum Gasteiger partial charge on any atom is -0.298 e. The lowest BCUT2D eigenvalue weighted by Crippen LogP contribution is -1.77. The van der Waals surface area contributed by atoms with E-state index >= 15 is 0 Å². The third-order valence-electron chi connectivity index (χ3n) is 1.26. The molecule has 0 atom stereocenters.